The number of aromatic nitrogens is 1. The Morgan fingerprint density at radius 3 is 2.38 bits per heavy atom. The number of H-pyrrole nitrogens is 1. The Kier molecular flexibility index (Phi) is 5.38. The van der Waals surface area contributed by atoms with E-state index in [9.17, 15) is 14.5 Å². The number of halogens is 3. The van der Waals surface area contributed by atoms with Crippen molar-refractivity contribution >= 4 is 48.5 Å². The van der Waals surface area contributed by atoms with Gasteiger partial charge in [0.05, 0.1) is 13.9 Å². The largest absolute Gasteiger partial charge is 0.455 e. The number of ether oxygens (including phenoxy) is 1. The van der Waals surface area contributed by atoms with Gasteiger partial charge in [-0.05, 0) is 79.7 Å². The lowest BCUT2D eigenvalue weighted by Crippen LogP contribution is -1.92. The molecule has 0 saturated carbocycles. The minimum absolute atomic E-state index is 0.0428. The van der Waals surface area contributed by atoms with Gasteiger partial charge in [-0.15, -0.1) is 0 Å². The van der Waals surface area contributed by atoms with Gasteiger partial charge in [0.15, 0.2) is 5.75 Å². The third kappa shape index (κ3) is 4.18. The Balaban J connectivity index is 1.66. The Hall–Kier alpha value is -2.71. The maximum atomic E-state index is 13.1. The summed E-state index contributed by atoms with van der Waals surface area (Å²) in [6.45, 7) is 0. The molecule has 8 heteroatoms. The highest BCUT2D eigenvalue weighted by molar-refractivity contribution is 9.11. The number of hydrogen-bond acceptors (Lipinski definition) is 3. The summed E-state index contributed by atoms with van der Waals surface area (Å²) in [6.07, 6.45) is 2.57. The van der Waals surface area contributed by atoms with Crippen molar-refractivity contribution in [2.45, 2.75) is 6.42 Å². The zero-order valence-electron chi connectivity index (χ0n) is 14.8. The Morgan fingerprint density at radius 1 is 1.03 bits per heavy atom. The molecular weight excluding hydrogens is 507 g/mol. The summed E-state index contributed by atoms with van der Waals surface area (Å²) in [5.74, 6) is 0.779. The molecule has 0 aliphatic carbocycles. The summed E-state index contributed by atoms with van der Waals surface area (Å²) >= 11 is 6.67. The molecule has 146 valence electrons. The number of rotatable bonds is 5. The summed E-state index contributed by atoms with van der Waals surface area (Å²) in [5, 5.41) is 12.0. The molecule has 4 aromatic rings. The van der Waals surface area contributed by atoms with Gasteiger partial charge in [0.2, 0.25) is 0 Å². The topological polar surface area (TPSA) is 68.2 Å². The molecule has 0 atom stereocenters. The molecule has 1 heterocycles. The third-order valence-corrected chi connectivity index (χ3v) is 5.64. The lowest BCUT2D eigenvalue weighted by atomic mass is 10.0. The second-order valence-corrected chi connectivity index (χ2v) is 8.13. The van der Waals surface area contributed by atoms with Crippen molar-refractivity contribution in [1.29, 1.82) is 0 Å². The van der Waals surface area contributed by atoms with Crippen molar-refractivity contribution in [3.63, 3.8) is 0 Å². The van der Waals surface area contributed by atoms with Crippen LogP contribution in [0.1, 0.15) is 11.1 Å². The zero-order valence-corrected chi connectivity index (χ0v) is 18.0. The first-order valence-corrected chi connectivity index (χ1v) is 10.1. The molecule has 0 amide bonds. The molecular formula is C21H13Br2FN2O3. The van der Waals surface area contributed by atoms with Gasteiger partial charge < -0.3 is 9.72 Å². The normalized spacial score (nSPS) is 11.0. The summed E-state index contributed by atoms with van der Waals surface area (Å²) in [6, 6.07) is 14.9. The maximum absolute atomic E-state index is 13.1. The molecule has 0 fully saturated rings. The number of hydrogen-bond donors (Lipinski definition) is 1. The summed E-state index contributed by atoms with van der Waals surface area (Å²) in [7, 11) is 0. The van der Waals surface area contributed by atoms with E-state index in [4.69, 9.17) is 4.74 Å². The van der Waals surface area contributed by atoms with Crippen LogP contribution in [0.3, 0.4) is 0 Å². The summed E-state index contributed by atoms with van der Waals surface area (Å²) in [4.78, 5) is 13.8. The fourth-order valence-corrected chi connectivity index (χ4v) is 4.38. The van der Waals surface area contributed by atoms with E-state index in [0.29, 0.717) is 26.9 Å². The number of nitro benzene ring substituents is 1. The summed E-state index contributed by atoms with van der Waals surface area (Å²) in [5.41, 5.74) is 2.97. The van der Waals surface area contributed by atoms with Gasteiger partial charge >= 0.3 is 0 Å². The third-order valence-electron chi connectivity index (χ3n) is 4.46. The van der Waals surface area contributed by atoms with Gasteiger partial charge in [0, 0.05) is 29.2 Å². The first kappa shape index (κ1) is 19.6. The molecule has 4 rings (SSSR count). The van der Waals surface area contributed by atoms with Crippen LogP contribution in [0.5, 0.6) is 11.5 Å². The zero-order chi connectivity index (χ0) is 20.5. The van der Waals surface area contributed by atoms with Crippen molar-refractivity contribution in [2.75, 3.05) is 0 Å². The smallest absolute Gasteiger partial charge is 0.271 e. The van der Waals surface area contributed by atoms with Crippen LogP contribution in [0.4, 0.5) is 10.1 Å². The predicted molar refractivity (Wildman–Crippen MR) is 116 cm³/mol. The molecule has 0 radical (unpaired) electrons. The van der Waals surface area contributed by atoms with E-state index in [-0.39, 0.29) is 11.5 Å². The van der Waals surface area contributed by atoms with Crippen molar-refractivity contribution in [3.8, 4) is 11.5 Å². The number of fused-ring (bicyclic) bond motifs is 1. The number of non-ortho nitro benzene ring substituents is 1. The van der Waals surface area contributed by atoms with E-state index in [1.54, 1.807) is 12.1 Å². The molecule has 29 heavy (non-hydrogen) atoms. The van der Waals surface area contributed by atoms with Crippen molar-refractivity contribution in [1.82, 2.24) is 4.98 Å². The van der Waals surface area contributed by atoms with Crippen LogP contribution < -0.4 is 4.74 Å². The SMILES string of the molecule is O=[N+]([O-])c1cc(Br)c(Oc2ccc3[nH]cc(Cc4ccc(F)cc4)c3c2)c(Br)c1. The van der Waals surface area contributed by atoms with Crippen molar-refractivity contribution < 1.29 is 14.1 Å². The van der Waals surface area contributed by atoms with Gasteiger partial charge in [0.25, 0.3) is 5.69 Å². The van der Waals surface area contributed by atoms with E-state index in [0.717, 1.165) is 22.0 Å². The van der Waals surface area contributed by atoms with Gasteiger partial charge in [-0.3, -0.25) is 10.1 Å². The predicted octanol–water partition coefficient (Wildman–Crippen LogP) is 7.12. The highest BCUT2D eigenvalue weighted by Crippen LogP contribution is 2.40. The highest BCUT2D eigenvalue weighted by Gasteiger charge is 2.16. The maximum Gasteiger partial charge on any atom is 0.271 e. The summed E-state index contributed by atoms with van der Waals surface area (Å²) < 4.78 is 20.1. The van der Waals surface area contributed by atoms with Crippen LogP contribution >= 0.6 is 31.9 Å². The average molecular weight is 520 g/mol. The highest BCUT2D eigenvalue weighted by atomic mass is 79.9. The minimum atomic E-state index is -0.465. The van der Waals surface area contributed by atoms with E-state index in [1.807, 2.05) is 24.4 Å². The monoisotopic (exact) mass is 518 g/mol. The number of nitrogens with one attached hydrogen (secondary N) is 1. The molecule has 0 saturated heterocycles. The van der Waals surface area contributed by atoms with Crippen LogP contribution in [-0.4, -0.2) is 9.91 Å². The Morgan fingerprint density at radius 2 is 1.72 bits per heavy atom. The van der Waals surface area contributed by atoms with E-state index in [2.05, 4.69) is 36.8 Å². The molecule has 0 spiro atoms. The fraction of sp³-hybridized carbons (Fsp3) is 0.0476. The standard InChI is InChI=1S/C21H13Br2FN2O3/c22-18-8-15(26(27)28)9-19(23)21(18)29-16-5-6-20-17(10-16)13(11-25-20)7-12-1-3-14(24)4-2-12/h1-6,8-11,25H,7H2. The van der Waals surface area contributed by atoms with E-state index < -0.39 is 4.92 Å². The fourth-order valence-electron chi connectivity index (χ4n) is 3.06. The first-order valence-electron chi connectivity index (χ1n) is 8.56. The van der Waals surface area contributed by atoms with E-state index in [1.165, 1.54) is 24.3 Å². The minimum Gasteiger partial charge on any atom is -0.455 e. The van der Waals surface area contributed by atoms with Gasteiger partial charge in [-0.2, -0.15) is 0 Å². The second kappa shape index (κ2) is 7.96. The number of aromatic amines is 1. The average Bonchev–Trinajstić information content (AvgIpc) is 3.08. The Labute approximate surface area is 181 Å². The molecule has 0 bridgehead atoms. The molecule has 3 aromatic carbocycles. The molecule has 0 unspecified atom stereocenters. The first-order chi connectivity index (χ1) is 13.9. The van der Waals surface area contributed by atoms with Crippen molar-refractivity contribution in [3.05, 3.63) is 96.8 Å². The molecule has 1 aromatic heterocycles. The van der Waals surface area contributed by atoms with Gasteiger partial charge in [-0.25, -0.2) is 4.39 Å². The molecule has 5 nitrogen and oxygen atoms in total. The van der Waals surface area contributed by atoms with Crippen LogP contribution in [0.15, 0.2) is 69.7 Å². The molecule has 1 N–H and O–H groups in total. The number of nitrogens with zero attached hydrogens (tertiary/aromatic N) is 1. The van der Waals surface area contributed by atoms with Crippen LogP contribution in [0.25, 0.3) is 10.9 Å². The van der Waals surface area contributed by atoms with Gasteiger partial charge in [-0.1, -0.05) is 12.1 Å². The lowest BCUT2D eigenvalue weighted by Gasteiger charge is -2.10. The number of benzene rings is 3. The van der Waals surface area contributed by atoms with Crippen LogP contribution in [0, 0.1) is 15.9 Å². The van der Waals surface area contributed by atoms with Gasteiger partial charge in [0.1, 0.15) is 11.6 Å². The van der Waals surface area contributed by atoms with Crippen LogP contribution in [-0.2, 0) is 6.42 Å². The number of nitro groups is 1. The molecule has 0 aliphatic heterocycles. The quantitative estimate of drug-likeness (QED) is 0.225. The molecule has 0 aliphatic rings. The Bertz CT molecular complexity index is 1200. The van der Waals surface area contributed by atoms with E-state index >= 15 is 0 Å². The van der Waals surface area contributed by atoms with Crippen LogP contribution in [0.2, 0.25) is 0 Å². The second-order valence-electron chi connectivity index (χ2n) is 6.42. The lowest BCUT2D eigenvalue weighted by molar-refractivity contribution is -0.385. The van der Waals surface area contributed by atoms with Crippen molar-refractivity contribution in [2.24, 2.45) is 0 Å².